The van der Waals surface area contributed by atoms with Crippen LogP contribution in [0.3, 0.4) is 0 Å². The lowest BCUT2D eigenvalue weighted by Gasteiger charge is -2.19. The molecular weight excluding hydrogens is 258 g/mol. The Morgan fingerprint density at radius 1 is 1.00 bits per heavy atom. The van der Waals surface area contributed by atoms with E-state index in [9.17, 15) is 0 Å². The summed E-state index contributed by atoms with van der Waals surface area (Å²) in [7, 11) is 3.98. The minimum absolute atomic E-state index is 0.206. The predicted octanol–water partition coefficient (Wildman–Crippen LogP) is 4.06. The summed E-state index contributed by atoms with van der Waals surface area (Å²) in [4.78, 5) is 6.40. The van der Waals surface area contributed by atoms with E-state index in [0.717, 1.165) is 18.1 Å². The standard InChI is InChI=1S/C18H25N3/c1-18(2,3)15-8-6-14(7-9-15)12-19-16-10-11-17(20-13-16)21(4)5/h6-11,13,19H,12H2,1-5H3. The topological polar surface area (TPSA) is 28.2 Å². The van der Waals surface area contributed by atoms with Crippen LogP contribution in [-0.2, 0) is 12.0 Å². The first-order valence-corrected chi connectivity index (χ1v) is 7.33. The third-order valence-electron chi connectivity index (χ3n) is 3.52. The van der Waals surface area contributed by atoms with Crippen molar-refractivity contribution in [2.75, 3.05) is 24.3 Å². The van der Waals surface area contributed by atoms with Crippen molar-refractivity contribution in [1.29, 1.82) is 0 Å². The average molecular weight is 283 g/mol. The highest BCUT2D eigenvalue weighted by Crippen LogP contribution is 2.22. The highest BCUT2D eigenvalue weighted by Gasteiger charge is 2.12. The number of aromatic nitrogens is 1. The smallest absolute Gasteiger partial charge is 0.128 e. The minimum Gasteiger partial charge on any atom is -0.380 e. The lowest BCUT2D eigenvalue weighted by Crippen LogP contribution is -2.11. The first kappa shape index (κ1) is 15.4. The van der Waals surface area contributed by atoms with Crippen LogP contribution in [0.1, 0.15) is 31.9 Å². The molecule has 0 fully saturated rings. The molecule has 0 saturated heterocycles. The normalized spacial score (nSPS) is 11.3. The van der Waals surface area contributed by atoms with Gasteiger partial charge in [-0.3, -0.25) is 0 Å². The number of benzene rings is 1. The van der Waals surface area contributed by atoms with Crippen LogP contribution < -0.4 is 10.2 Å². The summed E-state index contributed by atoms with van der Waals surface area (Å²) in [5.74, 6) is 0.968. The van der Waals surface area contributed by atoms with Crippen molar-refractivity contribution in [1.82, 2.24) is 4.98 Å². The van der Waals surface area contributed by atoms with E-state index in [0.29, 0.717) is 0 Å². The molecule has 1 heterocycles. The Balaban J connectivity index is 1.96. The zero-order valence-corrected chi connectivity index (χ0v) is 13.6. The fourth-order valence-corrected chi connectivity index (χ4v) is 2.08. The molecule has 3 heteroatoms. The zero-order chi connectivity index (χ0) is 15.5. The van der Waals surface area contributed by atoms with Crippen LogP contribution in [0, 0.1) is 0 Å². The molecule has 112 valence electrons. The molecule has 0 amide bonds. The van der Waals surface area contributed by atoms with E-state index in [4.69, 9.17) is 0 Å². The van der Waals surface area contributed by atoms with E-state index >= 15 is 0 Å². The summed E-state index contributed by atoms with van der Waals surface area (Å²) in [6.45, 7) is 7.52. The molecule has 0 aliphatic carbocycles. The Kier molecular flexibility index (Phi) is 4.51. The third-order valence-corrected chi connectivity index (χ3v) is 3.52. The molecule has 2 rings (SSSR count). The monoisotopic (exact) mass is 283 g/mol. The van der Waals surface area contributed by atoms with Crippen molar-refractivity contribution in [3.05, 3.63) is 53.7 Å². The molecule has 21 heavy (non-hydrogen) atoms. The summed E-state index contributed by atoms with van der Waals surface area (Å²) in [6, 6.07) is 12.9. The van der Waals surface area contributed by atoms with Gasteiger partial charge in [0.2, 0.25) is 0 Å². The molecule has 2 aromatic rings. The van der Waals surface area contributed by atoms with Gasteiger partial charge in [-0.15, -0.1) is 0 Å². The fourth-order valence-electron chi connectivity index (χ4n) is 2.08. The van der Waals surface area contributed by atoms with Gasteiger partial charge in [0.25, 0.3) is 0 Å². The van der Waals surface area contributed by atoms with E-state index in [-0.39, 0.29) is 5.41 Å². The number of anilines is 2. The van der Waals surface area contributed by atoms with Gasteiger partial charge >= 0.3 is 0 Å². The van der Waals surface area contributed by atoms with Crippen LogP contribution in [0.4, 0.5) is 11.5 Å². The summed E-state index contributed by atoms with van der Waals surface area (Å²) in [5, 5.41) is 3.40. The molecule has 1 aromatic carbocycles. The van der Waals surface area contributed by atoms with Gasteiger partial charge in [0, 0.05) is 20.6 Å². The first-order valence-electron chi connectivity index (χ1n) is 7.33. The highest BCUT2D eigenvalue weighted by molar-refractivity contribution is 5.48. The number of hydrogen-bond acceptors (Lipinski definition) is 3. The Labute approximate surface area is 128 Å². The molecule has 0 aliphatic heterocycles. The number of hydrogen-bond donors (Lipinski definition) is 1. The van der Waals surface area contributed by atoms with Crippen molar-refractivity contribution in [3.8, 4) is 0 Å². The third kappa shape index (κ3) is 4.22. The molecule has 0 atom stereocenters. The molecule has 1 N–H and O–H groups in total. The summed E-state index contributed by atoms with van der Waals surface area (Å²) in [5.41, 5.74) is 3.89. The second-order valence-electron chi connectivity index (χ2n) is 6.60. The predicted molar refractivity (Wildman–Crippen MR) is 91.0 cm³/mol. The van der Waals surface area contributed by atoms with Crippen molar-refractivity contribution in [3.63, 3.8) is 0 Å². The number of nitrogens with one attached hydrogen (secondary N) is 1. The number of nitrogens with zero attached hydrogens (tertiary/aromatic N) is 2. The Morgan fingerprint density at radius 2 is 1.67 bits per heavy atom. The van der Waals surface area contributed by atoms with Crippen molar-refractivity contribution < 1.29 is 0 Å². The average Bonchev–Trinajstić information content (AvgIpc) is 2.45. The highest BCUT2D eigenvalue weighted by atomic mass is 15.1. The molecule has 0 saturated carbocycles. The Hall–Kier alpha value is -2.03. The lowest BCUT2D eigenvalue weighted by molar-refractivity contribution is 0.590. The van der Waals surface area contributed by atoms with Crippen molar-refractivity contribution >= 4 is 11.5 Å². The molecule has 0 radical (unpaired) electrons. The van der Waals surface area contributed by atoms with Gasteiger partial charge in [-0.05, 0) is 28.7 Å². The quantitative estimate of drug-likeness (QED) is 0.917. The molecule has 1 aromatic heterocycles. The largest absolute Gasteiger partial charge is 0.380 e. The van der Waals surface area contributed by atoms with E-state index in [1.165, 1.54) is 11.1 Å². The molecule has 0 spiro atoms. The SMILES string of the molecule is CN(C)c1ccc(NCc2ccc(C(C)(C)C)cc2)cn1. The summed E-state index contributed by atoms with van der Waals surface area (Å²) < 4.78 is 0. The summed E-state index contributed by atoms with van der Waals surface area (Å²) >= 11 is 0. The van der Waals surface area contributed by atoms with Gasteiger partial charge in [-0.2, -0.15) is 0 Å². The van der Waals surface area contributed by atoms with Crippen molar-refractivity contribution in [2.24, 2.45) is 0 Å². The van der Waals surface area contributed by atoms with Crippen LogP contribution in [0.15, 0.2) is 42.6 Å². The second kappa shape index (κ2) is 6.17. The molecule has 0 unspecified atom stereocenters. The maximum absolute atomic E-state index is 4.40. The second-order valence-corrected chi connectivity index (χ2v) is 6.60. The maximum Gasteiger partial charge on any atom is 0.128 e. The lowest BCUT2D eigenvalue weighted by atomic mass is 9.87. The van der Waals surface area contributed by atoms with E-state index < -0.39 is 0 Å². The molecule has 0 aliphatic rings. The first-order chi connectivity index (χ1) is 9.86. The van der Waals surface area contributed by atoms with Gasteiger partial charge in [0.15, 0.2) is 0 Å². The minimum atomic E-state index is 0.206. The van der Waals surface area contributed by atoms with Gasteiger partial charge in [0.1, 0.15) is 5.82 Å². The Bertz CT molecular complexity index is 563. The molecular formula is C18H25N3. The Morgan fingerprint density at radius 3 is 2.14 bits per heavy atom. The van der Waals surface area contributed by atoms with Gasteiger partial charge < -0.3 is 10.2 Å². The van der Waals surface area contributed by atoms with Crippen molar-refractivity contribution in [2.45, 2.75) is 32.7 Å². The maximum atomic E-state index is 4.40. The van der Waals surface area contributed by atoms with E-state index in [1.807, 2.05) is 31.3 Å². The molecule has 0 bridgehead atoms. The number of pyridine rings is 1. The van der Waals surface area contributed by atoms with Gasteiger partial charge in [0.05, 0.1) is 11.9 Å². The van der Waals surface area contributed by atoms with Gasteiger partial charge in [-0.25, -0.2) is 4.98 Å². The van der Waals surface area contributed by atoms with Crippen LogP contribution in [0.2, 0.25) is 0 Å². The van der Waals surface area contributed by atoms with Crippen LogP contribution in [0.5, 0.6) is 0 Å². The van der Waals surface area contributed by atoms with Crippen LogP contribution in [0.25, 0.3) is 0 Å². The van der Waals surface area contributed by atoms with Crippen LogP contribution in [-0.4, -0.2) is 19.1 Å². The summed E-state index contributed by atoms with van der Waals surface area (Å²) in [6.07, 6.45) is 1.87. The van der Waals surface area contributed by atoms with E-state index in [2.05, 4.69) is 61.4 Å². The van der Waals surface area contributed by atoms with Crippen LogP contribution >= 0.6 is 0 Å². The van der Waals surface area contributed by atoms with Gasteiger partial charge in [-0.1, -0.05) is 45.0 Å². The number of rotatable bonds is 4. The zero-order valence-electron chi connectivity index (χ0n) is 13.6. The van der Waals surface area contributed by atoms with E-state index in [1.54, 1.807) is 0 Å². The molecule has 3 nitrogen and oxygen atoms in total. The fraction of sp³-hybridized carbons (Fsp3) is 0.389.